The van der Waals surface area contributed by atoms with E-state index in [1.165, 1.54) is 12.1 Å². The standard InChI is InChI=1S/C13H12BrFN2O2/c1-7-6-16-13(19-7)8(2)17-12(18)11-9(14)4-3-5-10(11)15/h3-6,8H,1-2H3,(H,17,18). The van der Waals surface area contributed by atoms with Crippen LogP contribution >= 0.6 is 15.9 Å². The Hall–Kier alpha value is -1.69. The summed E-state index contributed by atoms with van der Waals surface area (Å²) in [5.41, 5.74) is -0.0300. The first-order valence-electron chi connectivity index (χ1n) is 5.66. The van der Waals surface area contributed by atoms with Gasteiger partial charge in [0.15, 0.2) is 0 Å². The number of aromatic nitrogens is 1. The van der Waals surface area contributed by atoms with E-state index in [1.807, 2.05) is 0 Å². The van der Waals surface area contributed by atoms with Crippen LogP contribution in [0.1, 0.15) is 35.0 Å². The van der Waals surface area contributed by atoms with E-state index >= 15 is 0 Å². The topological polar surface area (TPSA) is 55.1 Å². The zero-order valence-electron chi connectivity index (χ0n) is 10.4. The largest absolute Gasteiger partial charge is 0.444 e. The van der Waals surface area contributed by atoms with Crippen molar-refractivity contribution in [2.75, 3.05) is 0 Å². The third-order valence-electron chi connectivity index (χ3n) is 2.55. The Morgan fingerprint density at radius 3 is 2.84 bits per heavy atom. The molecule has 0 bridgehead atoms. The molecule has 4 nitrogen and oxygen atoms in total. The van der Waals surface area contributed by atoms with E-state index in [0.717, 1.165) is 0 Å². The van der Waals surface area contributed by atoms with Crippen LogP contribution in [0.2, 0.25) is 0 Å². The van der Waals surface area contributed by atoms with Crippen LogP contribution in [0.25, 0.3) is 0 Å². The fourth-order valence-corrected chi connectivity index (χ4v) is 2.14. The lowest BCUT2D eigenvalue weighted by Crippen LogP contribution is -2.28. The summed E-state index contributed by atoms with van der Waals surface area (Å²) < 4.78 is 19.3. The number of oxazole rings is 1. The monoisotopic (exact) mass is 326 g/mol. The number of hydrogen-bond acceptors (Lipinski definition) is 3. The molecule has 1 atom stereocenters. The van der Waals surface area contributed by atoms with E-state index in [4.69, 9.17) is 4.42 Å². The Morgan fingerprint density at radius 1 is 1.53 bits per heavy atom. The van der Waals surface area contributed by atoms with Gasteiger partial charge in [-0.25, -0.2) is 9.37 Å². The third-order valence-corrected chi connectivity index (χ3v) is 3.21. The zero-order valence-corrected chi connectivity index (χ0v) is 12.0. The van der Waals surface area contributed by atoms with Gasteiger partial charge in [-0.3, -0.25) is 4.79 Å². The highest BCUT2D eigenvalue weighted by Gasteiger charge is 2.20. The summed E-state index contributed by atoms with van der Waals surface area (Å²) in [6.45, 7) is 3.48. The summed E-state index contributed by atoms with van der Waals surface area (Å²) in [6.07, 6.45) is 1.57. The third kappa shape index (κ3) is 3.01. The van der Waals surface area contributed by atoms with Crippen LogP contribution in [0, 0.1) is 12.7 Å². The van der Waals surface area contributed by atoms with Crippen LogP contribution in [-0.2, 0) is 0 Å². The Kier molecular flexibility index (Phi) is 3.99. The summed E-state index contributed by atoms with van der Waals surface area (Å²) >= 11 is 3.16. The maximum absolute atomic E-state index is 13.6. The van der Waals surface area contributed by atoms with Crippen LogP contribution in [0.3, 0.4) is 0 Å². The fourth-order valence-electron chi connectivity index (χ4n) is 1.62. The van der Waals surface area contributed by atoms with Crippen LogP contribution in [0.15, 0.2) is 33.3 Å². The normalized spacial score (nSPS) is 12.2. The van der Waals surface area contributed by atoms with Crippen molar-refractivity contribution < 1.29 is 13.6 Å². The van der Waals surface area contributed by atoms with Gasteiger partial charge in [-0.2, -0.15) is 0 Å². The molecule has 1 amide bonds. The second-order valence-corrected chi connectivity index (χ2v) is 4.96. The quantitative estimate of drug-likeness (QED) is 0.940. The van der Waals surface area contributed by atoms with Crippen LogP contribution in [-0.4, -0.2) is 10.9 Å². The number of amides is 1. The van der Waals surface area contributed by atoms with Gasteiger partial charge in [0.2, 0.25) is 5.89 Å². The van der Waals surface area contributed by atoms with E-state index in [-0.39, 0.29) is 5.56 Å². The van der Waals surface area contributed by atoms with Crippen molar-refractivity contribution in [1.29, 1.82) is 0 Å². The van der Waals surface area contributed by atoms with Gasteiger partial charge in [-0.05, 0) is 41.9 Å². The molecule has 0 radical (unpaired) electrons. The maximum Gasteiger partial charge on any atom is 0.256 e. The predicted octanol–water partition coefficient (Wildman–Crippen LogP) is 3.38. The van der Waals surface area contributed by atoms with Crippen molar-refractivity contribution in [2.45, 2.75) is 19.9 Å². The summed E-state index contributed by atoms with van der Waals surface area (Å²) in [5, 5.41) is 2.64. The van der Waals surface area contributed by atoms with Gasteiger partial charge in [-0.1, -0.05) is 6.07 Å². The molecule has 1 aromatic heterocycles. The first-order chi connectivity index (χ1) is 8.99. The Bertz CT molecular complexity index is 592. The van der Waals surface area contributed by atoms with Crippen molar-refractivity contribution in [3.05, 3.63) is 51.9 Å². The molecule has 0 saturated carbocycles. The highest BCUT2D eigenvalue weighted by Crippen LogP contribution is 2.21. The fraction of sp³-hybridized carbons (Fsp3) is 0.231. The second kappa shape index (κ2) is 5.52. The molecule has 0 aliphatic heterocycles. The van der Waals surface area contributed by atoms with Crippen LogP contribution in [0.5, 0.6) is 0 Å². The molecule has 19 heavy (non-hydrogen) atoms. The molecule has 1 unspecified atom stereocenters. The molecule has 0 fully saturated rings. The Labute approximate surface area is 118 Å². The summed E-state index contributed by atoms with van der Waals surface area (Å²) in [6, 6.07) is 3.93. The molecule has 6 heteroatoms. The van der Waals surface area contributed by atoms with Crippen LogP contribution in [0.4, 0.5) is 4.39 Å². The van der Waals surface area contributed by atoms with Gasteiger partial charge < -0.3 is 9.73 Å². The van der Waals surface area contributed by atoms with Crippen LogP contribution < -0.4 is 5.32 Å². The number of hydrogen-bond donors (Lipinski definition) is 1. The summed E-state index contributed by atoms with van der Waals surface area (Å²) in [7, 11) is 0. The van der Waals surface area contributed by atoms with Crippen molar-refractivity contribution in [2.24, 2.45) is 0 Å². The first kappa shape index (κ1) is 13.7. The molecule has 0 spiro atoms. The molecule has 0 saturated heterocycles. The highest BCUT2D eigenvalue weighted by atomic mass is 79.9. The number of nitrogens with one attached hydrogen (secondary N) is 1. The van der Waals surface area contributed by atoms with Crippen molar-refractivity contribution in [3.63, 3.8) is 0 Å². The molecule has 2 aromatic rings. The minimum atomic E-state index is -0.581. The molecule has 100 valence electrons. The van der Waals surface area contributed by atoms with E-state index in [0.29, 0.717) is 16.1 Å². The van der Waals surface area contributed by atoms with Gasteiger partial charge in [0.25, 0.3) is 5.91 Å². The van der Waals surface area contributed by atoms with Crippen molar-refractivity contribution in [3.8, 4) is 0 Å². The minimum Gasteiger partial charge on any atom is -0.444 e. The van der Waals surface area contributed by atoms with Gasteiger partial charge in [0, 0.05) is 4.47 Å². The number of halogens is 2. The second-order valence-electron chi connectivity index (χ2n) is 4.10. The molecule has 1 aromatic carbocycles. The van der Waals surface area contributed by atoms with Gasteiger partial charge in [0.05, 0.1) is 11.8 Å². The van der Waals surface area contributed by atoms with E-state index in [9.17, 15) is 9.18 Å². The number of aryl methyl sites for hydroxylation is 1. The van der Waals surface area contributed by atoms with E-state index < -0.39 is 17.8 Å². The number of rotatable bonds is 3. The average Bonchev–Trinajstić information content (AvgIpc) is 2.75. The molecule has 0 aliphatic rings. The van der Waals surface area contributed by atoms with Gasteiger partial charge in [-0.15, -0.1) is 0 Å². The number of benzene rings is 1. The lowest BCUT2D eigenvalue weighted by atomic mass is 10.2. The first-order valence-corrected chi connectivity index (χ1v) is 6.45. The molecule has 0 aliphatic carbocycles. The zero-order chi connectivity index (χ0) is 14.0. The molecular formula is C13H12BrFN2O2. The number of nitrogens with zero attached hydrogens (tertiary/aromatic N) is 1. The molecule has 2 rings (SSSR count). The predicted molar refractivity (Wildman–Crippen MR) is 71.2 cm³/mol. The Morgan fingerprint density at radius 2 is 2.26 bits per heavy atom. The van der Waals surface area contributed by atoms with E-state index in [1.54, 1.807) is 26.1 Å². The maximum atomic E-state index is 13.6. The average molecular weight is 327 g/mol. The Balaban J connectivity index is 2.17. The van der Waals surface area contributed by atoms with Crippen molar-refractivity contribution >= 4 is 21.8 Å². The smallest absolute Gasteiger partial charge is 0.256 e. The number of carbonyl (C=O) groups is 1. The van der Waals surface area contributed by atoms with Gasteiger partial charge >= 0.3 is 0 Å². The minimum absolute atomic E-state index is 0.0300. The lowest BCUT2D eigenvalue weighted by Gasteiger charge is -2.12. The van der Waals surface area contributed by atoms with Gasteiger partial charge in [0.1, 0.15) is 17.6 Å². The molecule has 1 N–H and O–H groups in total. The molecule has 1 heterocycles. The van der Waals surface area contributed by atoms with E-state index in [2.05, 4.69) is 26.2 Å². The molecular weight excluding hydrogens is 315 g/mol. The number of carbonyl (C=O) groups excluding carboxylic acids is 1. The SMILES string of the molecule is Cc1cnc(C(C)NC(=O)c2c(F)cccc2Br)o1. The highest BCUT2D eigenvalue weighted by molar-refractivity contribution is 9.10. The summed E-state index contributed by atoms with van der Waals surface area (Å²) in [5.74, 6) is -0.0579. The summed E-state index contributed by atoms with van der Waals surface area (Å²) in [4.78, 5) is 16.0. The van der Waals surface area contributed by atoms with Crippen molar-refractivity contribution in [1.82, 2.24) is 10.3 Å². The lowest BCUT2D eigenvalue weighted by molar-refractivity contribution is 0.0929.